The van der Waals surface area contributed by atoms with Crippen molar-refractivity contribution >= 4 is 38.7 Å². The van der Waals surface area contributed by atoms with Crippen LogP contribution in [0.4, 0.5) is 22.7 Å². The van der Waals surface area contributed by atoms with Gasteiger partial charge < -0.3 is 29.9 Å². The van der Waals surface area contributed by atoms with Crippen LogP contribution in [0.5, 0.6) is 0 Å². The van der Waals surface area contributed by atoms with Gasteiger partial charge in [-0.15, -0.1) is 0 Å². The number of carbonyl (C=O) groups excluding carboxylic acids is 1. The zero-order valence-electron chi connectivity index (χ0n) is 24.0. The summed E-state index contributed by atoms with van der Waals surface area (Å²) in [5, 5.41) is 12.3. The summed E-state index contributed by atoms with van der Waals surface area (Å²) in [6.45, 7) is 6.49. The Labute approximate surface area is 242 Å². The number of benzene rings is 2. The maximum Gasteiger partial charge on any atom is 0.257 e. The average Bonchev–Trinajstić information content (AvgIpc) is 3.62. The van der Waals surface area contributed by atoms with Gasteiger partial charge in [-0.3, -0.25) is 4.79 Å². The Morgan fingerprint density at radius 1 is 1.05 bits per heavy atom. The van der Waals surface area contributed by atoms with E-state index in [2.05, 4.69) is 50.8 Å². The standard InChI is InChI=1S/C30H41N5O5S/c1-21-20-35(14-16-40-21)27-18-23(17-22-5-11-33(2)28(22)27)32-29(37)25-4-3-24(41(38,39)31-10-15-36)19-26(25)34-12-8-30(6-7-30)9-13-34/h3-4,17-19,21,31,36H,5-16,20H2,1-2H3,(H,32,37)/t21-/m0/s1. The third-order valence-corrected chi connectivity index (χ3v) is 10.6. The van der Waals surface area contributed by atoms with Gasteiger partial charge in [0.15, 0.2) is 0 Å². The van der Waals surface area contributed by atoms with Crippen LogP contribution in [0.1, 0.15) is 48.5 Å². The molecule has 6 rings (SSSR count). The summed E-state index contributed by atoms with van der Waals surface area (Å²) in [6, 6.07) is 8.83. The SMILES string of the molecule is C[C@H]1CN(c2cc(NC(=O)c3ccc(S(=O)(=O)NCCO)cc3N3CCC4(CC3)CC4)cc3c2N(C)CC3)CCO1. The van der Waals surface area contributed by atoms with Gasteiger partial charge in [-0.2, -0.15) is 0 Å². The van der Waals surface area contributed by atoms with Crippen LogP contribution in [0.2, 0.25) is 0 Å². The second kappa shape index (κ2) is 11.1. The van der Waals surface area contributed by atoms with Crippen LogP contribution >= 0.6 is 0 Å². The third kappa shape index (κ3) is 5.77. The number of hydrogen-bond donors (Lipinski definition) is 3. The molecule has 2 aromatic carbocycles. The molecular formula is C30H41N5O5S. The molecule has 0 bridgehead atoms. The first-order valence-corrected chi connectivity index (χ1v) is 16.2. The Morgan fingerprint density at radius 2 is 1.83 bits per heavy atom. The van der Waals surface area contributed by atoms with Gasteiger partial charge >= 0.3 is 0 Å². The number of anilines is 4. The van der Waals surface area contributed by atoms with E-state index in [1.807, 2.05) is 0 Å². The summed E-state index contributed by atoms with van der Waals surface area (Å²) in [5.74, 6) is -0.258. The van der Waals surface area contributed by atoms with Crippen molar-refractivity contribution in [2.75, 3.05) is 79.5 Å². The molecular weight excluding hydrogens is 542 g/mol. The highest BCUT2D eigenvalue weighted by atomic mass is 32.2. The summed E-state index contributed by atoms with van der Waals surface area (Å²) in [7, 11) is -1.71. The number of nitrogens with one attached hydrogen (secondary N) is 2. The van der Waals surface area contributed by atoms with Crippen LogP contribution < -0.4 is 24.7 Å². The fourth-order valence-corrected chi connectivity index (χ4v) is 7.59. The van der Waals surface area contributed by atoms with Gasteiger partial charge in [-0.25, -0.2) is 13.1 Å². The zero-order chi connectivity index (χ0) is 28.8. The lowest BCUT2D eigenvalue weighted by molar-refractivity contribution is 0.0532. The van der Waals surface area contributed by atoms with Crippen LogP contribution in [0.15, 0.2) is 35.2 Å². The van der Waals surface area contributed by atoms with Crippen LogP contribution in [-0.4, -0.2) is 85.1 Å². The fourth-order valence-electron chi connectivity index (χ4n) is 6.55. The Morgan fingerprint density at radius 3 is 2.54 bits per heavy atom. The van der Waals surface area contributed by atoms with Gasteiger partial charge in [-0.1, -0.05) is 0 Å². The third-order valence-electron chi connectivity index (χ3n) is 9.16. The maximum absolute atomic E-state index is 13.9. The Balaban J connectivity index is 1.32. The molecule has 10 nitrogen and oxygen atoms in total. The molecule has 2 aromatic rings. The molecule has 1 aliphatic carbocycles. The molecule has 3 N–H and O–H groups in total. The molecule has 3 fully saturated rings. The van der Waals surface area contributed by atoms with Crippen LogP contribution in [0.3, 0.4) is 0 Å². The van der Waals surface area contributed by atoms with Crippen molar-refractivity contribution in [3.05, 3.63) is 41.5 Å². The molecule has 1 saturated carbocycles. The second-order valence-electron chi connectivity index (χ2n) is 12.0. The Kier molecular flexibility index (Phi) is 7.65. The lowest BCUT2D eigenvalue weighted by Gasteiger charge is -2.35. The van der Waals surface area contributed by atoms with E-state index >= 15 is 0 Å². The van der Waals surface area contributed by atoms with E-state index in [-0.39, 0.29) is 30.1 Å². The van der Waals surface area contributed by atoms with E-state index in [9.17, 15) is 13.2 Å². The minimum atomic E-state index is -3.82. The molecule has 2 saturated heterocycles. The molecule has 0 aromatic heterocycles. The molecule has 0 unspecified atom stereocenters. The predicted molar refractivity (Wildman–Crippen MR) is 161 cm³/mol. The first-order valence-electron chi connectivity index (χ1n) is 14.7. The quantitative estimate of drug-likeness (QED) is 0.435. The number of aliphatic hydroxyl groups is 1. The Bertz CT molecular complexity index is 1420. The molecule has 1 atom stereocenters. The van der Waals surface area contributed by atoms with Crippen LogP contribution in [0, 0.1) is 5.41 Å². The van der Waals surface area contributed by atoms with E-state index in [1.165, 1.54) is 30.2 Å². The molecule has 3 aliphatic heterocycles. The van der Waals surface area contributed by atoms with Gasteiger partial charge in [0.05, 0.1) is 46.8 Å². The highest BCUT2D eigenvalue weighted by Crippen LogP contribution is 2.54. The van der Waals surface area contributed by atoms with Crippen molar-refractivity contribution in [3.8, 4) is 0 Å². The van der Waals surface area contributed by atoms with Crippen molar-refractivity contribution in [1.82, 2.24) is 4.72 Å². The monoisotopic (exact) mass is 583 g/mol. The molecule has 4 aliphatic rings. The van der Waals surface area contributed by atoms with Crippen molar-refractivity contribution in [2.24, 2.45) is 5.41 Å². The highest BCUT2D eigenvalue weighted by Gasteiger charge is 2.44. The first kappa shape index (κ1) is 28.3. The fraction of sp³-hybridized carbons (Fsp3) is 0.567. The van der Waals surface area contributed by atoms with Crippen LogP contribution in [-0.2, 0) is 21.2 Å². The number of aliphatic hydroxyl groups excluding tert-OH is 1. The maximum atomic E-state index is 13.9. The number of sulfonamides is 1. The topological polar surface area (TPSA) is 114 Å². The van der Waals surface area contributed by atoms with Crippen molar-refractivity contribution in [2.45, 2.75) is 50.0 Å². The number of likely N-dealkylation sites (N-methyl/N-ethyl adjacent to an activating group) is 1. The minimum Gasteiger partial charge on any atom is -0.395 e. The second-order valence-corrected chi connectivity index (χ2v) is 13.8. The van der Waals surface area contributed by atoms with Gasteiger partial charge in [-0.05, 0) is 80.3 Å². The number of ether oxygens (including phenoxy) is 1. The van der Waals surface area contributed by atoms with E-state index in [0.717, 1.165) is 63.4 Å². The predicted octanol–water partition coefficient (Wildman–Crippen LogP) is 2.81. The number of amides is 1. The normalized spacial score (nSPS) is 21.7. The van der Waals surface area contributed by atoms with Crippen molar-refractivity contribution < 1.29 is 23.1 Å². The number of rotatable bonds is 8. The van der Waals surface area contributed by atoms with E-state index < -0.39 is 10.0 Å². The summed E-state index contributed by atoms with van der Waals surface area (Å²) in [6.07, 6.45) is 5.65. The van der Waals surface area contributed by atoms with Gasteiger partial charge in [0.2, 0.25) is 10.0 Å². The molecule has 222 valence electrons. The summed E-state index contributed by atoms with van der Waals surface area (Å²) in [4.78, 5) is 20.7. The van der Waals surface area contributed by atoms with Crippen LogP contribution in [0.25, 0.3) is 0 Å². The smallest absolute Gasteiger partial charge is 0.257 e. The van der Waals surface area contributed by atoms with Crippen molar-refractivity contribution in [3.63, 3.8) is 0 Å². The van der Waals surface area contributed by atoms with E-state index in [0.29, 0.717) is 23.3 Å². The molecule has 1 spiro atoms. The van der Waals surface area contributed by atoms with Gasteiger partial charge in [0.25, 0.3) is 5.91 Å². The lowest BCUT2D eigenvalue weighted by atomic mass is 9.93. The van der Waals surface area contributed by atoms with Gasteiger partial charge in [0.1, 0.15) is 0 Å². The summed E-state index contributed by atoms with van der Waals surface area (Å²) >= 11 is 0. The molecule has 41 heavy (non-hydrogen) atoms. The highest BCUT2D eigenvalue weighted by molar-refractivity contribution is 7.89. The number of morpholine rings is 1. The first-order chi connectivity index (χ1) is 19.7. The zero-order valence-corrected chi connectivity index (χ0v) is 24.8. The number of piperidine rings is 1. The minimum absolute atomic E-state index is 0.0656. The molecule has 0 radical (unpaired) electrons. The molecule has 1 amide bonds. The number of fused-ring (bicyclic) bond motifs is 1. The Hall–Kier alpha value is -2.86. The summed E-state index contributed by atoms with van der Waals surface area (Å²) in [5.41, 5.74) is 5.80. The number of hydrogen-bond acceptors (Lipinski definition) is 8. The molecule has 11 heteroatoms. The summed E-state index contributed by atoms with van der Waals surface area (Å²) < 4.78 is 34.0. The van der Waals surface area contributed by atoms with Gasteiger partial charge in [0, 0.05) is 52.0 Å². The average molecular weight is 584 g/mol. The largest absolute Gasteiger partial charge is 0.395 e. The van der Waals surface area contributed by atoms with E-state index in [1.54, 1.807) is 12.1 Å². The number of nitrogens with zero attached hydrogens (tertiary/aromatic N) is 3. The number of carbonyl (C=O) groups is 1. The molecule has 3 heterocycles. The van der Waals surface area contributed by atoms with E-state index in [4.69, 9.17) is 9.84 Å². The lowest BCUT2D eigenvalue weighted by Crippen LogP contribution is -2.41. The van der Waals surface area contributed by atoms with Crippen molar-refractivity contribution in [1.29, 1.82) is 0 Å².